The van der Waals surface area contributed by atoms with Crippen molar-refractivity contribution in [1.29, 1.82) is 0 Å². The zero-order chi connectivity index (χ0) is 15.6. The van der Waals surface area contributed by atoms with Gasteiger partial charge in [0.05, 0.1) is 11.0 Å². The molecular weight excluding hydrogens is 338 g/mol. The molecule has 0 saturated carbocycles. The second-order valence-electron chi connectivity index (χ2n) is 4.67. The molecule has 0 unspecified atom stereocenters. The van der Waals surface area contributed by atoms with E-state index in [1.54, 1.807) is 44.2 Å². The van der Waals surface area contributed by atoms with Gasteiger partial charge in [-0.3, -0.25) is 10.1 Å². The van der Waals surface area contributed by atoms with Crippen molar-refractivity contribution >= 4 is 21.6 Å². The summed E-state index contributed by atoms with van der Waals surface area (Å²) in [6.45, 7) is 3.35. The lowest BCUT2D eigenvalue weighted by Crippen LogP contribution is -1.94. The van der Waals surface area contributed by atoms with Crippen molar-refractivity contribution in [2.75, 3.05) is 0 Å². The van der Waals surface area contributed by atoms with Crippen LogP contribution in [0.15, 0.2) is 40.9 Å². The lowest BCUT2D eigenvalue weighted by molar-refractivity contribution is -0.385. The van der Waals surface area contributed by atoms with Crippen LogP contribution in [0, 0.1) is 17.0 Å². The molecule has 0 spiro atoms. The molecule has 0 amide bonds. The molecule has 2 aromatic rings. The van der Waals surface area contributed by atoms with Crippen LogP contribution in [0.3, 0.4) is 0 Å². The summed E-state index contributed by atoms with van der Waals surface area (Å²) in [4.78, 5) is 10.3. The summed E-state index contributed by atoms with van der Waals surface area (Å²) in [5.41, 5.74) is 1.37. The number of benzene rings is 2. The summed E-state index contributed by atoms with van der Waals surface area (Å²) >= 11 is 3.38. The van der Waals surface area contributed by atoms with Gasteiger partial charge in [-0.25, -0.2) is 0 Å². The van der Waals surface area contributed by atoms with Crippen LogP contribution >= 0.6 is 15.9 Å². The zero-order valence-electron chi connectivity index (χ0n) is 11.5. The van der Waals surface area contributed by atoms with Crippen molar-refractivity contribution < 1.29 is 14.8 Å². The number of ether oxygens (including phenoxy) is 1. The maximum Gasteiger partial charge on any atom is 0.272 e. The summed E-state index contributed by atoms with van der Waals surface area (Å²) in [7, 11) is 0. The van der Waals surface area contributed by atoms with E-state index in [9.17, 15) is 15.2 Å². The first kappa shape index (κ1) is 15.5. The Morgan fingerprint density at radius 2 is 1.86 bits per heavy atom. The van der Waals surface area contributed by atoms with Gasteiger partial charge in [0.1, 0.15) is 11.5 Å². The van der Waals surface area contributed by atoms with E-state index in [-0.39, 0.29) is 5.69 Å². The highest BCUT2D eigenvalue weighted by atomic mass is 79.9. The number of aryl methyl sites for hydroxylation is 1. The number of nitro groups is 1. The third kappa shape index (κ3) is 3.59. The largest absolute Gasteiger partial charge is 0.457 e. The molecule has 2 aromatic carbocycles. The minimum Gasteiger partial charge on any atom is -0.457 e. The summed E-state index contributed by atoms with van der Waals surface area (Å²) in [5, 5.41) is 20.3. The van der Waals surface area contributed by atoms with Crippen LogP contribution in [0.2, 0.25) is 0 Å². The van der Waals surface area contributed by atoms with Crippen LogP contribution in [0.1, 0.15) is 24.2 Å². The first-order chi connectivity index (χ1) is 9.88. The molecule has 0 bridgehead atoms. The summed E-state index contributed by atoms with van der Waals surface area (Å²) in [6, 6.07) is 9.85. The second kappa shape index (κ2) is 6.24. The van der Waals surface area contributed by atoms with Crippen LogP contribution in [0.5, 0.6) is 11.5 Å². The molecule has 5 nitrogen and oxygen atoms in total. The second-order valence-corrected chi connectivity index (χ2v) is 5.52. The lowest BCUT2D eigenvalue weighted by Gasteiger charge is -2.11. The number of rotatable bonds is 4. The average molecular weight is 352 g/mol. The van der Waals surface area contributed by atoms with Gasteiger partial charge < -0.3 is 9.84 Å². The normalized spacial score (nSPS) is 12.0. The Labute approximate surface area is 130 Å². The van der Waals surface area contributed by atoms with E-state index in [1.165, 1.54) is 6.07 Å². The third-order valence-corrected chi connectivity index (χ3v) is 3.71. The van der Waals surface area contributed by atoms with Gasteiger partial charge >= 0.3 is 0 Å². The minimum absolute atomic E-state index is 0.0629. The predicted molar refractivity (Wildman–Crippen MR) is 82.7 cm³/mol. The quantitative estimate of drug-likeness (QED) is 0.649. The van der Waals surface area contributed by atoms with Gasteiger partial charge in [-0.15, -0.1) is 0 Å². The molecule has 2 rings (SSSR count). The van der Waals surface area contributed by atoms with Gasteiger partial charge in [0.2, 0.25) is 0 Å². The summed E-state index contributed by atoms with van der Waals surface area (Å²) in [5.74, 6) is 1.11. The minimum atomic E-state index is -0.574. The molecule has 0 aliphatic rings. The lowest BCUT2D eigenvalue weighted by atomic mass is 10.1. The maximum absolute atomic E-state index is 10.8. The van der Waals surface area contributed by atoms with E-state index in [4.69, 9.17) is 4.74 Å². The Bertz CT molecular complexity index is 685. The summed E-state index contributed by atoms with van der Waals surface area (Å²) < 4.78 is 6.42. The van der Waals surface area contributed by atoms with E-state index in [1.807, 2.05) is 0 Å². The van der Waals surface area contributed by atoms with Crippen LogP contribution in [0.4, 0.5) is 5.69 Å². The zero-order valence-corrected chi connectivity index (χ0v) is 13.1. The monoisotopic (exact) mass is 351 g/mol. The molecule has 0 radical (unpaired) electrons. The van der Waals surface area contributed by atoms with Crippen molar-refractivity contribution in [3.05, 3.63) is 62.1 Å². The van der Waals surface area contributed by atoms with Gasteiger partial charge in [0.25, 0.3) is 5.69 Å². The van der Waals surface area contributed by atoms with E-state index in [2.05, 4.69) is 15.9 Å². The van der Waals surface area contributed by atoms with Gasteiger partial charge in [0.15, 0.2) is 0 Å². The van der Waals surface area contributed by atoms with Crippen LogP contribution in [0.25, 0.3) is 0 Å². The number of hydrogen-bond donors (Lipinski definition) is 1. The maximum atomic E-state index is 10.8. The van der Waals surface area contributed by atoms with E-state index < -0.39 is 11.0 Å². The Balaban J connectivity index is 2.24. The highest BCUT2D eigenvalue weighted by Crippen LogP contribution is 2.31. The number of aliphatic hydroxyl groups is 1. The van der Waals surface area contributed by atoms with E-state index in [0.29, 0.717) is 17.1 Å². The third-order valence-electron chi connectivity index (χ3n) is 3.02. The van der Waals surface area contributed by atoms with E-state index in [0.717, 1.165) is 10.0 Å². The fourth-order valence-corrected chi connectivity index (χ4v) is 2.63. The topological polar surface area (TPSA) is 72.6 Å². The van der Waals surface area contributed by atoms with Crippen molar-refractivity contribution in [1.82, 2.24) is 0 Å². The van der Waals surface area contributed by atoms with Gasteiger partial charge in [-0.2, -0.15) is 0 Å². The molecule has 0 aliphatic heterocycles. The fraction of sp³-hybridized carbons (Fsp3) is 0.200. The molecule has 1 atom stereocenters. The van der Waals surface area contributed by atoms with Crippen LogP contribution in [-0.2, 0) is 0 Å². The van der Waals surface area contributed by atoms with Gasteiger partial charge in [-0.1, -0.05) is 22.0 Å². The van der Waals surface area contributed by atoms with Gasteiger partial charge in [0, 0.05) is 16.1 Å². The predicted octanol–water partition coefficient (Wildman–Crippen LogP) is 4.51. The number of hydrogen-bond acceptors (Lipinski definition) is 4. The SMILES string of the molecule is Cc1cc(Oc2ccc([C@H](C)O)c(Br)c2)ccc1[N+](=O)[O-]. The average Bonchev–Trinajstić information content (AvgIpc) is 2.37. The molecule has 0 saturated heterocycles. The molecular formula is C15H14BrNO4. The molecule has 0 fully saturated rings. The highest BCUT2D eigenvalue weighted by molar-refractivity contribution is 9.10. The molecule has 1 N–H and O–H groups in total. The number of nitrogens with zero attached hydrogens (tertiary/aromatic N) is 1. The molecule has 21 heavy (non-hydrogen) atoms. The van der Waals surface area contributed by atoms with Crippen molar-refractivity contribution in [3.63, 3.8) is 0 Å². The van der Waals surface area contributed by atoms with E-state index >= 15 is 0 Å². The molecule has 6 heteroatoms. The summed E-state index contributed by atoms with van der Waals surface area (Å²) in [6.07, 6.45) is -0.574. The Kier molecular flexibility index (Phi) is 4.59. The molecule has 0 aromatic heterocycles. The first-order valence-electron chi connectivity index (χ1n) is 6.29. The Hall–Kier alpha value is -1.92. The molecule has 0 heterocycles. The number of halogens is 1. The number of aliphatic hydroxyl groups excluding tert-OH is 1. The van der Waals surface area contributed by atoms with Crippen molar-refractivity contribution in [3.8, 4) is 11.5 Å². The highest BCUT2D eigenvalue weighted by Gasteiger charge is 2.12. The first-order valence-corrected chi connectivity index (χ1v) is 7.08. The van der Waals surface area contributed by atoms with Crippen LogP contribution < -0.4 is 4.74 Å². The van der Waals surface area contributed by atoms with Crippen molar-refractivity contribution in [2.45, 2.75) is 20.0 Å². The smallest absolute Gasteiger partial charge is 0.272 e. The number of nitro benzene ring substituents is 1. The Morgan fingerprint density at radius 1 is 1.24 bits per heavy atom. The molecule has 0 aliphatic carbocycles. The standard InChI is InChI=1S/C15H14BrNO4/c1-9-7-11(4-6-15(9)17(19)20)21-12-3-5-13(10(2)18)14(16)8-12/h3-8,10,18H,1-2H3/t10-/m0/s1. The van der Waals surface area contributed by atoms with Crippen LogP contribution in [-0.4, -0.2) is 10.0 Å². The molecule has 110 valence electrons. The van der Waals surface area contributed by atoms with Gasteiger partial charge in [-0.05, 0) is 43.7 Å². The van der Waals surface area contributed by atoms with Crippen molar-refractivity contribution in [2.24, 2.45) is 0 Å². The Morgan fingerprint density at radius 3 is 2.38 bits per heavy atom. The fourth-order valence-electron chi connectivity index (χ4n) is 1.94.